The number of ether oxygens (including phenoxy) is 2. The molecule has 0 spiro atoms. The zero-order valence-electron chi connectivity index (χ0n) is 12.8. The molecule has 2 nitrogen and oxygen atoms in total. The molecule has 1 aliphatic heterocycles. The van der Waals surface area contributed by atoms with Crippen molar-refractivity contribution in [2.75, 3.05) is 13.2 Å². The Kier molecular flexibility index (Phi) is 3.83. The van der Waals surface area contributed by atoms with Crippen LogP contribution in [0, 0.1) is 0 Å². The lowest BCUT2D eigenvalue weighted by atomic mass is 9.98. The number of hydrogen-bond donors (Lipinski definition) is 0. The van der Waals surface area contributed by atoms with Crippen molar-refractivity contribution in [3.63, 3.8) is 0 Å². The molecule has 0 bridgehead atoms. The monoisotopic (exact) mass is 302 g/mol. The van der Waals surface area contributed by atoms with Gasteiger partial charge in [-0.05, 0) is 28.8 Å². The summed E-state index contributed by atoms with van der Waals surface area (Å²) in [6.07, 6.45) is 0.263. The molecule has 3 aromatic carbocycles. The predicted molar refractivity (Wildman–Crippen MR) is 92.5 cm³/mol. The van der Waals surface area contributed by atoms with Gasteiger partial charge in [0, 0.05) is 5.56 Å². The molecular formula is C21H18O2. The van der Waals surface area contributed by atoms with E-state index < -0.39 is 0 Å². The highest BCUT2D eigenvalue weighted by atomic mass is 16.6. The molecule has 1 saturated heterocycles. The molecule has 0 radical (unpaired) electrons. The minimum Gasteiger partial charge on any atom is -0.490 e. The van der Waals surface area contributed by atoms with E-state index in [1.54, 1.807) is 0 Å². The van der Waals surface area contributed by atoms with Gasteiger partial charge in [0.1, 0.15) is 18.5 Å². The molecule has 0 aromatic heterocycles. The summed E-state index contributed by atoms with van der Waals surface area (Å²) in [5.41, 5.74) is 4.71. The van der Waals surface area contributed by atoms with Crippen LogP contribution in [0.5, 0.6) is 5.75 Å². The van der Waals surface area contributed by atoms with E-state index >= 15 is 0 Å². The normalized spacial score (nSPS) is 16.1. The number of para-hydroxylation sites is 1. The second-order valence-electron chi connectivity index (χ2n) is 5.71. The Morgan fingerprint density at radius 2 is 1.48 bits per heavy atom. The number of benzene rings is 3. The summed E-state index contributed by atoms with van der Waals surface area (Å²) in [6, 6.07) is 27.2. The van der Waals surface area contributed by atoms with Gasteiger partial charge in [0.2, 0.25) is 0 Å². The molecule has 1 unspecified atom stereocenters. The van der Waals surface area contributed by atoms with Crippen LogP contribution < -0.4 is 4.74 Å². The van der Waals surface area contributed by atoms with E-state index in [1.165, 1.54) is 16.7 Å². The van der Waals surface area contributed by atoms with E-state index in [2.05, 4.69) is 54.6 Å². The molecule has 1 heterocycles. The summed E-state index contributed by atoms with van der Waals surface area (Å²) in [5, 5.41) is 0. The highest BCUT2D eigenvalue weighted by Gasteiger charge is 2.23. The lowest BCUT2D eigenvalue weighted by Crippen LogP contribution is -2.04. The number of rotatable bonds is 5. The van der Waals surface area contributed by atoms with Gasteiger partial charge >= 0.3 is 0 Å². The molecule has 114 valence electrons. The van der Waals surface area contributed by atoms with Gasteiger partial charge in [0.25, 0.3) is 0 Å². The van der Waals surface area contributed by atoms with Gasteiger partial charge in [-0.2, -0.15) is 0 Å². The Balaban J connectivity index is 1.67. The third-order valence-electron chi connectivity index (χ3n) is 3.99. The van der Waals surface area contributed by atoms with E-state index in [4.69, 9.17) is 9.47 Å². The van der Waals surface area contributed by atoms with Crippen molar-refractivity contribution in [2.24, 2.45) is 0 Å². The van der Waals surface area contributed by atoms with Gasteiger partial charge in [-0.15, -0.1) is 0 Å². The van der Waals surface area contributed by atoms with Crippen LogP contribution in [0.2, 0.25) is 0 Å². The maximum absolute atomic E-state index is 5.94. The highest BCUT2D eigenvalue weighted by Crippen LogP contribution is 2.33. The molecule has 0 amide bonds. The van der Waals surface area contributed by atoms with E-state index in [1.807, 2.05) is 24.3 Å². The van der Waals surface area contributed by atoms with Crippen LogP contribution in [-0.2, 0) is 4.74 Å². The summed E-state index contributed by atoms with van der Waals surface area (Å²) in [5.74, 6) is 0.910. The summed E-state index contributed by atoms with van der Waals surface area (Å²) in [6.45, 7) is 1.43. The Labute approximate surface area is 136 Å². The van der Waals surface area contributed by atoms with Crippen molar-refractivity contribution >= 4 is 0 Å². The smallest absolute Gasteiger partial charge is 0.127 e. The van der Waals surface area contributed by atoms with Crippen LogP contribution in [0.4, 0.5) is 0 Å². The second-order valence-corrected chi connectivity index (χ2v) is 5.71. The van der Waals surface area contributed by atoms with Crippen LogP contribution in [0.15, 0.2) is 78.9 Å². The minimum absolute atomic E-state index is 0.263. The van der Waals surface area contributed by atoms with Crippen LogP contribution >= 0.6 is 0 Å². The van der Waals surface area contributed by atoms with Crippen molar-refractivity contribution in [3.05, 3.63) is 78.9 Å². The fourth-order valence-corrected chi connectivity index (χ4v) is 2.67. The first-order valence-corrected chi connectivity index (χ1v) is 7.89. The fraction of sp³-hybridized carbons (Fsp3) is 0.143. The Bertz CT molecular complexity index is 792. The first-order chi connectivity index (χ1) is 11.4. The fourth-order valence-electron chi connectivity index (χ4n) is 2.67. The molecule has 2 heteroatoms. The molecule has 0 saturated carbocycles. The molecule has 1 fully saturated rings. The Hall–Kier alpha value is -2.58. The van der Waals surface area contributed by atoms with E-state index in [0.717, 1.165) is 17.9 Å². The van der Waals surface area contributed by atoms with E-state index in [0.29, 0.717) is 6.61 Å². The van der Waals surface area contributed by atoms with Gasteiger partial charge in [0.05, 0.1) is 6.61 Å². The maximum Gasteiger partial charge on any atom is 0.127 e. The molecule has 3 aromatic rings. The Morgan fingerprint density at radius 1 is 0.783 bits per heavy atom. The quantitative estimate of drug-likeness (QED) is 0.632. The van der Waals surface area contributed by atoms with Gasteiger partial charge in [0.15, 0.2) is 0 Å². The molecular weight excluding hydrogens is 284 g/mol. The van der Waals surface area contributed by atoms with Gasteiger partial charge in [-0.25, -0.2) is 0 Å². The molecule has 0 aliphatic carbocycles. The third-order valence-corrected chi connectivity index (χ3v) is 3.99. The number of hydrogen-bond acceptors (Lipinski definition) is 2. The Morgan fingerprint density at radius 3 is 2.30 bits per heavy atom. The predicted octanol–water partition coefficient (Wildman–Crippen LogP) is 4.80. The average Bonchev–Trinajstić information content (AvgIpc) is 3.46. The molecule has 1 atom stereocenters. The van der Waals surface area contributed by atoms with Crippen LogP contribution in [0.25, 0.3) is 22.3 Å². The van der Waals surface area contributed by atoms with Gasteiger partial charge in [-0.3, -0.25) is 0 Å². The van der Waals surface area contributed by atoms with Crippen molar-refractivity contribution in [1.82, 2.24) is 0 Å². The zero-order chi connectivity index (χ0) is 15.5. The molecule has 1 aliphatic rings. The van der Waals surface area contributed by atoms with Gasteiger partial charge < -0.3 is 9.47 Å². The molecule has 0 N–H and O–H groups in total. The first-order valence-electron chi connectivity index (χ1n) is 7.89. The summed E-state index contributed by atoms with van der Waals surface area (Å²) in [7, 11) is 0. The van der Waals surface area contributed by atoms with E-state index in [-0.39, 0.29) is 6.10 Å². The summed E-state index contributed by atoms with van der Waals surface area (Å²) < 4.78 is 11.2. The lowest BCUT2D eigenvalue weighted by molar-refractivity contribution is 0.264. The van der Waals surface area contributed by atoms with E-state index in [9.17, 15) is 0 Å². The number of epoxide rings is 1. The third kappa shape index (κ3) is 3.27. The maximum atomic E-state index is 5.94. The van der Waals surface area contributed by atoms with Crippen LogP contribution in [0.3, 0.4) is 0 Å². The second kappa shape index (κ2) is 6.27. The molecule has 23 heavy (non-hydrogen) atoms. The minimum atomic E-state index is 0.263. The first kappa shape index (κ1) is 14.0. The topological polar surface area (TPSA) is 21.8 Å². The van der Waals surface area contributed by atoms with Crippen molar-refractivity contribution in [2.45, 2.75) is 6.10 Å². The SMILES string of the molecule is c1ccc(-c2cccc(-c3ccccc3OCC3CO3)c2)cc1. The zero-order valence-corrected chi connectivity index (χ0v) is 12.8. The van der Waals surface area contributed by atoms with Crippen molar-refractivity contribution in [1.29, 1.82) is 0 Å². The van der Waals surface area contributed by atoms with Crippen LogP contribution in [-0.4, -0.2) is 19.3 Å². The standard InChI is InChI=1S/C21H18O2/c1-2-7-16(8-3-1)17-9-6-10-18(13-17)20-11-4-5-12-21(20)23-15-19-14-22-19/h1-13,19H,14-15H2. The largest absolute Gasteiger partial charge is 0.490 e. The summed E-state index contributed by atoms with van der Waals surface area (Å²) >= 11 is 0. The van der Waals surface area contributed by atoms with Crippen molar-refractivity contribution < 1.29 is 9.47 Å². The molecule has 4 rings (SSSR count). The average molecular weight is 302 g/mol. The van der Waals surface area contributed by atoms with Crippen LogP contribution in [0.1, 0.15) is 0 Å². The van der Waals surface area contributed by atoms with Gasteiger partial charge in [-0.1, -0.05) is 66.7 Å². The van der Waals surface area contributed by atoms with Crippen molar-refractivity contribution in [3.8, 4) is 28.0 Å². The highest BCUT2D eigenvalue weighted by molar-refractivity contribution is 5.76. The lowest BCUT2D eigenvalue weighted by Gasteiger charge is -2.12. The summed E-state index contributed by atoms with van der Waals surface area (Å²) in [4.78, 5) is 0.